The van der Waals surface area contributed by atoms with E-state index in [9.17, 15) is 19.5 Å². The minimum absolute atomic E-state index is 0.103. The molecule has 2 aromatic heterocycles. The van der Waals surface area contributed by atoms with Crippen LogP contribution in [0.3, 0.4) is 0 Å². The number of rotatable bonds is 10. The number of fused-ring (bicyclic) bond motifs is 5. The zero-order valence-corrected chi connectivity index (χ0v) is 18.8. The molecule has 0 aliphatic carbocycles. The number of unbranched alkanes of at least 4 members (excludes halogenated alkanes) is 1. The van der Waals surface area contributed by atoms with Gasteiger partial charge in [0.15, 0.2) is 0 Å². The van der Waals surface area contributed by atoms with E-state index in [0.29, 0.717) is 54.8 Å². The fraction of sp³-hybridized carbons (Fsp3) is 0.375. The van der Waals surface area contributed by atoms with Crippen LogP contribution in [0.2, 0.25) is 0 Å². The number of carbonyl (C=O) groups is 3. The van der Waals surface area contributed by atoms with Crippen molar-refractivity contribution in [1.82, 2.24) is 20.4 Å². The van der Waals surface area contributed by atoms with Crippen molar-refractivity contribution >= 4 is 29.0 Å². The van der Waals surface area contributed by atoms with Gasteiger partial charge in [-0.15, -0.1) is 0 Å². The Labute approximate surface area is 191 Å². The monoisotopic (exact) mass is 452 g/mol. The quantitative estimate of drug-likeness (QED) is 0.322. The van der Waals surface area contributed by atoms with E-state index in [1.165, 1.54) is 4.90 Å². The summed E-state index contributed by atoms with van der Waals surface area (Å²) in [6.45, 7) is 1.23. The van der Waals surface area contributed by atoms with E-state index in [0.717, 1.165) is 12.0 Å². The van der Waals surface area contributed by atoms with Gasteiger partial charge in [-0.05, 0) is 63.2 Å². The summed E-state index contributed by atoms with van der Waals surface area (Å²) in [6, 6.07) is 10.3. The summed E-state index contributed by atoms with van der Waals surface area (Å²) in [5.41, 5.74) is 2.74. The number of hydrogen-bond donors (Lipinski definition) is 3. The third-order valence-electron chi connectivity index (χ3n) is 6.00. The zero-order valence-electron chi connectivity index (χ0n) is 18.8. The Morgan fingerprint density at radius 3 is 2.24 bits per heavy atom. The standard InChI is InChI=1S/C24H28N4O5/c1-27(2)16(13-15-5-7-17(29)8-6-15)14-26-24(32)25-11-3-4-12-28-22(30)20-18-9-10-19(33-18)21(20)23(28)31/h5-10,16,29H,3-4,11-14H2,1-2H3,(H2,25,26,32)/t16-/m0/s1. The van der Waals surface area contributed by atoms with Gasteiger partial charge >= 0.3 is 6.03 Å². The highest BCUT2D eigenvalue weighted by atomic mass is 16.3. The maximum absolute atomic E-state index is 12.5. The molecule has 0 saturated heterocycles. The van der Waals surface area contributed by atoms with E-state index in [2.05, 4.69) is 10.6 Å². The number of furan rings is 2. The van der Waals surface area contributed by atoms with Gasteiger partial charge < -0.3 is 25.1 Å². The molecule has 1 aromatic carbocycles. The normalized spacial score (nSPS) is 14.3. The van der Waals surface area contributed by atoms with Crippen molar-refractivity contribution < 1.29 is 23.9 Å². The number of amides is 4. The van der Waals surface area contributed by atoms with Crippen molar-refractivity contribution in [3.05, 3.63) is 53.1 Å². The predicted molar refractivity (Wildman–Crippen MR) is 123 cm³/mol. The zero-order chi connectivity index (χ0) is 23.5. The molecule has 0 unspecified atom stereocenters. The van der Waals surface area contributed by atoms with Gasteiger partial charge in [-0.2, -0.15) is 0 Å². The molecule has 3 N–H and O–H groups in total. The lowest BCUT2D eigenvalue weighted by Gasteiger charge is -2.25. The van der Waals surface area contributed by atoms with Crippen LogP contribution >= 0.6 is 0 Å². The van der Waals surface area contributed by atoms with Gasteiger partial charge in [-0.25, -0.2) is 4.79 Å². The first-order chi connectivity index (χ1) is 15.8. The second-order valence-corrected chi connectivity index (χ2v) is 8.51. The fourth-order valence-corrected chi connectivity index (χ4v) is 4.05. The molecule has 9 heteroatoms. The smallest absolute Gasteiger partial charge is 0.314 e. The minimum Gasteiger partial charge on any atom is -0.508 e. The Morgan fingerprint density at radius 2 is 1.64 bits per heavy atom. The van der Waals surface area contributed by atoms with E-state index >= 15 is 0 Å². The molecule has 2 bridgehead atoms. The first kappa shape index (κ1) is 22.6. The average Bonchev–Trinajstić information content (AvgIpc) is 3.47. The highest BCUT2D eigenvalue weighted by Crippen LogP contribution is 2.35. The number of hydrogen-bond acceptors (Lipinski definition) is 6. The molecule has 33 heavy (non-hydrogen) atoms. The SMILES string of the molecule is CN(C)[C@H](CNC(=O)NCCCCN1C(=O)c2c(c3ccc2o3)C1=O)Cc1ccc(O)cc1. The van der Waals surface area contributed by atoms with Crippen LogP contribution in [0.5, 0.6) is 5.75 Å². The lowest BCUT2D eigenvalue weighted by molar-refractivity contribution is 0.0651. The average molecular weight is 453 g/mol. The second-order valence-electron chi connectivity index (χ2n) is 8.51. The highest BCUT2D eigenvalue weighted by Gasteiger charge is 2.41. The van der Waals surface area contributed by atoms with E-state index in [-0.39, 0.29) is 29.6 Å². The van der Waals surface area contributed by atoms with E-state index in [1.54, 1.807) is 24.3 Å². The molecule has 3 aromatic rings. The number of nitrogens with one attached hydrogen (secondary N) is 2. The number of phenols is 1. The molecule has 1 atom stereocenters. The van der Waals surface area contributed by atoms with Gasteiger partial charge in [-0.3, -0.25) is 14.5 Å². The Kier molecular flexibility index (Phi) is 6.50. The summed E-state index contributed by atoms with van der Waals surface area (Å²) < 4.78 is 5.40. The van der Waals surface area contributed by atoms with Crippen LogP contribution in [0.1, 0.15) is 39.1 Å². The van der Waals surface area contributed by atoms with E-state index < -0.39 is 0 Å². The molecule has 3 heterocycles. The summed E-state index contributed by atoms with van der Waals surface area (Å²) in [5.74, 6) is -0.385. The molecule has 174 valence electrons. The molecule has 0 fully saturated rings. The largest absolute Gasteiger partial charge is 0.508 e. The lowest BCUT2D eigenvalue weighted by atomic mass is 10.1. The Balaban J connectivity index is 1.15. The van der Waals surface area contributed by atoms with Gasteiger partial charge in [0, 0.05) is 25.7 Å². The first-order valence-corrected chi connectivity index (χ1v) is 11.0. The molecule has 0 radical (unpaired) electrons. The van der Waals surface area contributed by atoms with Crippen LogP contribution < -0.4 is 10.6 Å². The summed E-state index contributed by atoms with van der Waals surface area (Å²) in [7, 11) is 3.92. The van der Waals surface area contributed by atoms with Crippen molar-refractivity contribution in [1.29, 1.82) is 0 Å². The molecule has 0 saturated carbocycles. The summed E-state index contributed by atoms with van der Waals surface area (Å²) >= 11 is 0. The lowest BCUT2D eigenvalue weighted by Crippen LogP contribution is -2.45. The molecular weight excluding hydrogens is 424 g/mol. The fourth-order valence-electron chi connectivity index (χ4n) is 4.05. The van der Waals surface area contributed by atoms with Crippen LogP contribution in [-0.2, 0) is 6.42 Å². The molecular formula is C24H28N4O5. The predicted octanol–water partition coefficient (Wildman–Crippen LogP) is 2.42. The number of phenolic OH excluding ortho intramolecular Hbond substituents is 1. The Morgan fingerprint density at radius 1 is 1.00 bits per heavy atom. The van der Waals surface area contributed by atoms with Crippen LogP contribution in [-0.4, -0.2) is 72.5 Å². The number of aromatic hydroxyl groups is 1. The molecule has 0 spiro atoms. The van der Waals surface area contributed by atoms with Gasteiger partial charge in [-0.1, -0.05) is 12.1 Å². The summed E-state index contributed by atoms with van der Waals surface area (Å²) in [5, 5.41) is 15.1. The van der Waals surface area contributed by atoms with Crippen LogP contribution in [0.4, 0.5) is 4.79 Å². The number of likely N-dealkylation sites (N-methyl/N-ethyl adjacent to an activating group) is 1. The highest BCUT2D eigenvalue weighted by molar-refractivity contribution is 6.27. The first-order valence-electron chi connectivity index (χ1n) is 11.0. The molecule has 4 amide bonds. The van der Waals surface area contributed by atoms with Gasteiger partial charge in [0.2, 0.25) is 0 Å². The number of imide groups is 1. The van der Waals surface area contributed by atoms with Crippen molar-refractivity contribution in [2.75, 3.05) is 33.7 Å². The topological polar surface area (TPSA) is 115 Å². The minimum atomic E-state index is -0.307. The second kappa shape index (κ2) is 9.50. The number of urea groups is 1. The number of nitrogens with zero attached hydrogens (tertiary/aromatic N) is 2. The summed E-state index contributed by atoms with van der Waals surface area (Å²) in [4.78, 5) is 40.5. The maximum atomic E-state index is 12.5. The third-order valence-corrected chi connectivity index (χ3v) is 6.00. The number of benzene rings is 2. The number of carbonyl (C=O) groups excluding carboxylic acids is 3. The van der Waals surface area contributed by atoms with Crippen molar-refractivity contribution in [3.63, 3.8) is 0 Å². The molecule has 9 nitrogen and oxygen atoms in total. The Hall–Kier alpha value is -3.59. The van der Waals surface area contributed by atoms with Crippen molar-refractivity contribution in [3.8, 4) is 5.75 Å². The molecule has 1 aliphatic rings. The van der Waals surface area contributed by atoms with Crippen LogP contribution in [0.25, 0.3) is 11.2 Å². The van der Waals surface area contributed by atoms with E-state index in [4.69, 9.17) is 4.42 Å². The Bertz CT molecular complexity index is 1090. The van der Waals surface area contributed by atoms with Crippen molar-refractivity contribution in [2.24, 2.45) is 0 Å². The van der Waals surface area contributed by atoms with Crippen molar-refractivity contribution in [2.45, 2.75) is 25.3 Å². The molecule has 4 rings (SSSR count). The third kappa shape index (κ3) is 4.78. The summed E-state index contributed by atoms with van der Waals surface area (Å²) in [6.07, 6.45) is 1.97. The van der Waals surface area contributed by atoms with Gasteiger partial charge in [0.25, 0.3) is 11.8 Å². The van der Waals surface area contributed by atoms with Crippen LogP contribution in [0, 0.1) is 0 Å². The van der Waals surface area contributed by atoms with Crippen LogP contribution in [0.15, 0.2) is 40.8 Å². The maximum Gasteiger partial charge on any atom is 0.314 e. The molecule has 1 aliphatic heterocycles. The van der Waals surface area contributed by atoms with E-state index in [1.807, 2.05) is 31.1 Å². The van der Waals surface area contributed by atoms with Gasteiger partial charge in [0.05, 0.1) is 11.1 Å². The van der Waals surface area contributed by atoms with Gasteiger partial charge in [0.1, 0.15) is 16.9 Å².